The number of hydrogen-bond donors (Lipinski definition) is 0. The SMILES string of the molecule is Cc1cccc2c1[C@@H]1S[C@H]2C(C)C1C. The lowest BCUT2D eigenvalue weighted by Gasteiger charge is -2.26. The van der Waals surface area contributed by atoms with E-state index in [-0.39, 0.29) is 0 Å². The average Bonchev–Trinajstić information content (AvgIpc) is 2.67. The smallest absolute Gasteiger partial charge is 0.0337 e. The van der Waals surface area contributed by atoms with Crippen LogP contribution in [0.1, 0.15) is 41.0 Å². The molecule has 2 heterocycles. The van der Waals surface area contributed by atoms with Crippen LogP contribution >= 0.6 is 11.8 Å². The van der Waals surface area contributed by atoms with Gasteiger partial charge < -0.3 is 0 Å². The Labute approximate surface area is 90.1 Å². The van der Waals surface area contributed by atoms with Crippen LogP contribution in [0.5, 0.6) is 0 Å². The van der Waals surface area contributed by atoms with Crippen molar-refractivity contribution in [1.29, 1.82) is 0 Å². The highest BCUT2D eigenvalue weighted by Gasteiger charge is 2.47. The minimum atomic E-state index is 0.782. The molecule has 0 saturated carbocycles. The second-order valence-electron chi connectivity index (χ2n) is 4.77. The first-order valence-electron chi connectivity index (χ1n) is 5.45. The molecule has 2 bridgehead atoms. The Hall–Kier alpha value is -0.430. The number of benzene rings is 1. The van der Waals surface area contributed by atoms with Crippen LogP contribution in [0.15, 0.2) is 18.2 Å². The van der Waals surface area contributed by atoms with Crippen LogP contribution in [0, 0.1) is 18.8 Å². The highest BCUT2D eigenvalue weighted by molar-refractivity contribution is 8.00. The first-order chi connectivity index (χ1) is 6.70. The summed E-state index contributed by atoms with van der Waals surface area (Å²) in [7, 11) is 0. The summed E-state index contributed by atoms with van der Waals surface area (Å²) in [5.41, 5.74) is 4.79. The second kappa shape index (κ2) is 2.79. The molecular weight excluding hydrogens is 188 g/mol. The van der Waals surface area contributed by atoms with E-state index in [1.165, 1.54) is 5.56 Å². The fraction of sp³-hybridized carbons (Fsp3) is 0.538. The molecule has 0 aromatic heterocycles. The van der Waals surface area contributed by atoms with Gasteiger partial charge in [-0.2, -0.15) is 0 Å². The zero-order valence-corrected chi connectivity index (χ0v) is 9.77. The summed E-state index contributed by atoms with van der Waals surface area (Å²) in [6.07, 6.45) is 0. The van der Waals surface area contributed by atoms with Gasteiger partial charge in [-0.15, -0.1) is 11.8 Å². The van der Waals surface area contributed by atoms with Crippen molar-refractivity contribution >= 4 is 11.8 Å². The van der Waals surface area contributed by atoms with Gasteiger partial charge in [-0.3, -0.25) is 0 Å². The van der Waals surface area contributed by atoms with Crippen LogP contribution in [0.25, 0.3) is 0 Å². The maximum atomic E-state index is 2.41. The van der Waals surface area contributed by atoms with Crippen molar-refractivity contribution in [3.05, 3.63) is 34.9 Å². The number of hydrogen-bond acceptors (Lipinski definition) is 1. The van der Waals surface area contributed by atoms with Gasteiger partial charge >= 0.3 is 0 Å². The van der Waals surface area contributed by atoms with E-state index in [0.29, 0.717) is 0 Å². The molecule has 0 aliphatic carbocycles. The van der Waals surface area contributed by atoms with Crippen LogP contribution in [0.3, 0.4) is 0 Å². The van der Waals surface area contributed by atoms with Crippen LogP contribution in [0.2, 0.25) is 0 Å². The molecule has 3 rings (SSSR count). The minimum absolute atomic E-state index is 0.782. The van der Waals surface area contributed by atoms with Crippen molar-refractivity contribution in [3.8, 4) is 0 Å². The molecule has 2 aliphatic rings. The van der Waals surface area contributed by atoms with Gasteiger partial charge in [0.1, 0.15) is 0 Å². The lowest BCUT2D eigenvalue weighted by Crippen LogP contribution is -2.17. The summed E-state index contributed by atoms with van der Waals surface area (Å²) in [6, 6.07) is 6.81. The lowest BCUT2D eigenvalue weighted by atomic mass is 9.76. The third-order valence-electron chi connectivity index (χ3n) is 4.03. The van der Waals surface area contributed by atoms with Gasteiger partial charge in [0, 0.05) is 10.5 Å². The predicted octanol–water partition coefficient (Wildman–Crippen LogP) is 4.11. The first kappa shape index (κ1) is 8.84. The summed E-state index contributed by atoms with van der Waals surface area (Å²) in [4.78, 5) is 0. The third-order valence-corrected chi connectivity index (χ3v) is 5.96. The normalized spacial score (nSPS) is 38.8. The zero-order valence-electron chi connectivity index (χ0n) is 8.95. The molecule has 0 spiro atoms. The minimum Gasteiger partial charge on any atom is -0.145 e. The number of fused-ring (bicyclic) bond motifs is 5. The van der Waals surface area contributed by atoms with Crippen LogP contribution in [0.4, 0.5) is 0 Å². The molecule has 2 aliphatic heterocycles. The molecule has 2 unspecified atom stereocenters. The van der Waals surface area contributed by atoms with Crippen molar-refractivity contribution in [2.24, 2.45) is 11.8 Å². The van der Waals surface area contributed by atoms with Crippen LogP contribution in [-0.2, 0) is 0 Å². The van der Waals surface area contributed by atoms with E-state index in [2.05, 4.69) is 50.7 Å². The molecule has 1 fully saturated rings. The van der Waals surface area contributed by atoms with Gasteiger partial charge in [-0.05, 0) is 35.4 Å². The highest BCUT2D eigenvalue weighted by atomic mass is 32.2. The number of thioether (sulfide) groups is 1. The largest absolute Gasteiger partial charge is 0.145 e. The molecular formula is C13H16S. The van der Waals surface area contributed by atoms with Gasteiger partial charge in [-0.25, -0.2) is 0 Å². The van der Waals surface area contributed by atoms with E-state index in [1.54, 1.807) is 11.1 Å². The Morgan fingerprint density at radius 2 is 1.79 bits per heavy atom. The van der Waals surface area contributed by atoms with Gasteiger partial charge in [0.15, 0.2) is 0 Å². The summed E-state index contributed by atoms with van der Waals surface area (Å²) in [6.45, 7) is 7.09. The first-order valence-corrected chi connectivity index (χ1v) is 6.39. The summed E-state index contributed by atoms with van der Waals surface area (Å²) in [5.74, 6) is 1.72. The Kier molecular flexibility index (Phi) is 1.76. The highest BCUT2D eigenvalue weighted by Crippen LogP contribution is 2.66. The van der Waals surface area contributed by atoms with Crippen LogP contribution < -0.4 is 0 Å². The van der Waals surface area contributed by atoms with E-state index < -0.39 is 0 Å². The number of rotatable bonds is 0. The molecule has 0 nitrogen and oxygen atoms in total. The molecule has 14 heavy (non-hydrogen) atoms. The quantitative estimate of drug-likeness (QED) is 0.613. The fourth-order valence-electron chi connectivity index (χ4n) is 2.98. The molecule has 1 heteroatoms. The van der Waals surface area contributed by atoms with Crippen molar-refractivity contribution < 1.29 is 0 Å². The standard InChI is InChI=1S/C13H16S/c1-7-5-4-6-10-11(7)13-9(3)8(2)12(10)14-13/h4-6,8-9,12-13H,1-3H3/t8?,9?,12-,13+/m0/s1. The van der Waals surface area contributed by atoms with Gasteiger partial charge in [0.2, 0.25) is 0 Å². The molecule has 4 atom stereocenters. The average molecular weight is 204 g/mol. The van der Waals surface area contributed by atoms with Crippen molar-refractivity contribution in [2.75, 3.05) is 0 Å². The van der Waals surface area contributed by atoms with Gasteiger partial charge in [0.05, 0.1) is 0 Å². The fourth-order valence-corrected chi connectivity index (χ4v) is 5.10. The lowest BCUT2D eigenvalue weighted by molar-refractivity contribution is 0.380. The van der Waals surface area contributed by atoms with Crippen molar-refractivity contribution in [2.45, 2.75) is 31.3 Å². The second-order valence-corrected chi connectivity index (χ2v) is 6.06. The molecule has 1 aromatic rings. The molecule has 0 amide bonds. The Morgan fingerprint density at radius 3 is 2.57 bits per heavy atom. The topological polar surface area (TPSA) is 0 Å². The predicted molar refractivity (Wildman–Crippen MR) is 62.6 cm³/mol. The maximum Gasteiger partial charge on any atom is 0.0337 e. The molecule has 1 aromatic carbocycles. The van der Waals surface area contributed by atoms with E-state index in [0.717, 1.165) is 22.3 Å². The molecule has 74 valence electrons. The summed E-state index contributed by atoms with van der Waals surface area (Å²) < 4.78 is 0. The van der Waals surface area contributed by atoms with Crippen molar-refractivity contribution in [3.63, 3.8) is 0 Å². The monoisotopic (exact) mass is 204 g/mol. The summed E-state index contributed by atoms with van der Waals surface area (Å²) >= 11 is 2.19. The molecule has 0 radical (unpaired) electrons. The molecule has 0 N–H and O–H groups in total. The Balaban J connectivity index is 2.20. The number of aryl methyl sites for hydroxylation is 1. The van der Waals surface area contributed by atoms with Crippen LogP contribution in [-0.4, -0.2) is 0 Å². The maximum absolute atomic E-state index is 2.41. The summed E-state index contributed by atoms with van der Waals surface area (Å²) in [5, 5.41) is 1.57. The van der Waals surface area contributed by atoms with Gasteiger partial charge in [-0.1, -0.05) is 32.0 Å². The van der Waals surface area contributed by atoms with E-state index in [1.807, 2.05) is 0 Å². The van der Waals surface area contributed by atoms with Crippen molar-refractivity contribution in [1.82, 2.24) is 0 Å². The van der Waals surface area contributed by atoms with E-state index in [9.17, 15) is 0 Å². The van der Waals surface area contributed by atoms with Gasteiger partial charge in [0.25, 0.3) is 0 Å². The van der Waals surface area contributed by atoms with E-state index >= 15 is 0 Å². The third kappa shape index (κ3) is 0.916. The van der Waals surface area contributed by atoms with E-state index in [4.69, 9.17) is 0 Å². The Morgan fingerprint density at radius 1 is 1.07 bits per heavy atom. The zero-order chi connectivity index (χ0) is 9.87. The Bertz CT molecular complexity index is 383. The molecule has 1 saturated heterocycles.